The highest BCUT2D eigenvalue weighted by atomic mass is 35.5. The molecular formula is C15H15Cl2FS. The third-order valence-corrected chi connectivity index (χ3v) is 4.67. The molecular weight excluding hydrogens is 302 g/mol. The topological polar surface area (TPSA) is 0 Å². The van der Waals surface area contributed by atoms with Crippen LogP contribution in [0.5, 0.6) is 0 Å². The zero-order valence-electron chi connectivity index (χ0n) is 10.4. The Morgan fingerprint density at radius 3 is 2.74 bits per heavy atom. The Labute approximate surface area is 127 Å². The Morgan fingerprint density at radius 2 is 2.05 bits per heavy atom. The Kier molecular flexibility index (Phi) is 5.68. The van der Waals surface area contributed by atoms with Crippen LogP contribution in [-0.4, -0.2) is 5.38 Å². The van der Waals surface area contributed by atoms with Gasteiger partial charge in [0.1, 0.15) is 5.82 Å². The number of halogens is 3. The molecule has 0 aliphatic heterocycles. The van der Waals surface area contributed by atoms with E-state index >= 15 is 0 Å². The van der Waals surface area contributed by atoms with Crippen LogP contribution in [0.2, 0.25) is 5.02 Å². The average molecular weight is 317 g/mol. The third-order valence-electron chi connectivity index (χ3n) is 3.01. The van der Waals surface area contributed by atoms with Crippen molar-refractivity contribution in [3.8, 4) is 0 Å². The third kappa shape index (κ3) is 4.48. The van der Waals surface area contributed by atoms with E-state index < -0.39 is 0 Å². The lowest BCUT2D eigenvalue weighted by Crippen LogP contribution is -2.06. The second kappa shape index (κ2) is 7.28. The van der Waals surface area contributed by atoms with Gasteiger partial charge in [-0.15, -0.1) is 22.9 Å². The fourth-order valence-electron chi connectivity index (χ4n) is 2.00. The van der Waals surface area contributed by atoms with Crippen LogP contribution in [-0.2, 0) is 12.8 Å². The standard InChI is InChI=1S/C15H15Cl2FS/c16-11(4-1-5-12-6-3-9-19-12)10-13-14(17)7-2-8-15(13)18/h2-3,6-9,11H,1,4-5,10H2. The number of rotatable bonds is 6. The van der Waals surface area contributed by atoms with Crippen molar-refractivity contribution in [3.63, 3.8) is 0 Å². The van der Waals surface area contributed by atoms with Crippen molar-refractivity contribution in [1.29, 1.82) is 0 Å². The van der Waals surface area contributed by atoms with Gasteiger partial charge in [-0.25, -0.2) is 4.39 Å². The van der Waals surface area contributed by atoms with Gasteiger partial charge in [0.25, 0.3) is 0 Å². The van der Waals surface area contributed by atoms with E-state index in [1.54, 1.807) is 23.5 Å². The molecule has 102 valence electrons. The molecule has 1 atom stereocenters. The number of alkyl halides is 1. The van der Waals surface area contributed by atoms with Crippen LogP contribution in [0.15, 0.2) is 35.7 Å². The van der Waals surface area contributed by atoms with Crippen molar-refractivity contribution in [2.45, 2.75) is 31.1 Å². The molecule has 0 aliphatic carbocycles. The normalized spacial score (nSPS) is 12.6. The van der Waals surface area contributed by atoms with Crippen molar-refractivity contribution >= 4 is 34.5 Å². The van der Waals surface area contributed by atoms with E-state index in [2.05, 4.69) is 17.5 Å². The minimum Gasteiger partial charge on any atom is -0.207 e. The zero-order valence-corrected chi connectivity index (χ0v) is 12.7. The van der Waals surface area contributed by atoms with Gasteiger partial charge in [-0.2, -0.15) is 0 Å². The first-order valence-electron chi connectivity index (χ1n) is 6.26. The van der Waals surface area contributed by atoms with Gasteiger partial charge in [0.15, 0.2) is 0 Å². The van der Waals surface area contributed by atoms with E-state index in [0.717, 1.165) is 19.3 Å². The summed E-state index contributed by atoms with van der Waals surface area (Å²) in [7, 11) is 0. The molecule has 0 saturated heterocycles. The molecule has 0 fully saturated rings. The summed E-state index contributed by atoms with van der Waals surface area (Å²) in [4.78, 5) is 1.37. The largest absolute Gasteiger partial charge is 0.207 e. The van der Waals surface area contributed by atoms with Gasteiger partial charge in [0.2, 0.25) is 0 Å². The Morgan fingerprint density at radius 1 is 1.21 bits per heavy atom. The van der Waals surface area contributed by atoms with Crippen molar-refractivity contribution in [1.82, 2.24) is 0 Å². The number of hydrogen-bond donors (Lipinski definition) is 0. The molecule has 1 unspecified atom stereocenters. The van der Waals surface area contributed by atoms with Gasteiger partial charge >= 0.3 is 0 Å². The minimum atomic E-state index is -0.267. The zero-order chi connectivity index (χ0) is 13.7. The molecule has 1 aromatic carbocycles. The summed E-state index contributed by atoms with van der Waals surface area (Å²) in [6.07, 6.45) is 3.40. The van der Waals surface area contributed by atoms with Gasteiger partial charge in [0, 0.05) is 20.8 Å². The predicted octanol–water partition coefficient (Wildman–Crippen LogP) is 5.71. The second-order valence-electron chi connectivity index (χ2n) is 4.47. The first-order chi connectivity index (χ1) is 9.16. The quantitative estimate of drug-likeness (QED) is 0.598. The van der Waals surface area contributed by atoms with Gasteiger partial charge < -0.3 is 0 Å². The first kappa shape index (κ1) is 14.8. The number of benzene rings is 1. The SMILES string of the molecule is Fc1cccc(Cl)c1CC(Cl)CCCc1cccs1. The summed E-state index contributed by atoms with van der Waals surface area (Å²) in [5, 5.41) is 2.46. The summed E-state index contributed by atoms with van der Waals surface area (Å²) in [5.41, 5.74) is 0.528. The molecule has 1 aromatic heterocycles. The number of hydrogen-bond acceptors (Lipinski definition) is 1. The van der Waals surface area contributed by atoms with Crippen molar-refractivity contribution in [2.75, 3.05) is 0 Å². The predicted molar refractivity (Wildman–Crippen MR) is 82.0 cm³/mol. The highest BCUT2D eigenvalue weighted by Crippen LogP contribution is 2.24. The van der Waals surface area contributed by atoms with E-state index in [9.17, 15) is 4.39 Å². The first-order valence-corrected chi connectivity index (χ1v) is 7.95. The maximum Gasteiger partial charge on any atom is 0.127 e. The van der Waals surface area contributed by atoms with E-state index in [0.29, 0.717) is 17.0 Å². The van der Waals surface area contributed by atoms with Crippen LogP contribution in [0.25, 0.3) is 0 Å². The fraction of sp³-hybridized carbons (Fsp3) is 0.333. The van der Waals surface area contributed by atoms with Gasteiger partial charge in [0.05, 0.1) is 0 Å². The molecule has 4 heteroatoms. The van der Waals surface area contributed by atoms with Crippen LogP contribution in [0, 0.1) is 5.82 Å². The molecule has 0 spiro atoms. The fourth-order valence-corrected chi connectivity index (χ4v) is 3.30. The van der Waals surface area contributed by atoms with E-state index in [1.807, 2.05) is 0 Å². The minimum absolute atomic E-state index is 0.0747. The van der Waals surface area contributed by atoms with Crippen LogP contribution in [0.1, 0.15) is 23.3 Å². The molecule has 0 saturated carbocycles. The molecule has 2 aromatic rings. The lowest BCUT2D eigenvalue weighted by atomic mass is 10.0. The lowest BCUT2D eigenvalue weighted by molar-refractivity contribution is 0.597. The Hall–Kier alpha value is -0.570. The highest BCUT2D eigenvalue weighted by Gasteiger charge is 2.12. The molecule has 0 N–H and O–H groups in total. The molecule has 0 amide bonds. The van der Waals surface area contributed by atoms with E-state index in [1.165, 1.54) is 10.9 Å². The summed E-state index contributed by atoms with van der Waals surface area (Å²) in [6, 6.07) is 8.92. The van der Waals surface area contributed by atoms with Crippen molar-refractivity contribution < 1.29 is 4.39 Å². The van der Waals surface area contributed by atoms with Crippen LogP contribution >= 0.6 is 34.5 Å². The average Bonchev–Trinajstić information content (AvgIpc) is 2.87. The van der Waals surface area contributed by atoms with Crippen LogP contribution < -0.4 is 0 Å². The molecule has 0 bridgehead atoms. The van der Waals surface area contributed by atoms with Crippen LogP contribution in [0.3, 0.4) is 0 Å². The van der Waals surface area contributed by atoms with Gasteiger partial charge in [-0.3, -0.25) is 0 Å². The summed E-state index contributed by atoms with van der Waals surface area (Å²) in [5.74, 6) is -0.267. The van der Waals surface area contributed by atoms with Gasteiger partial charge in [-0.1, -0.05) is 23.7 Å². The molecule has 0 radical (unpaired) electrons. The maximum atomic E-state index is 13.6. The highest BCUT2D eigenvalue weighted by molar-refractivity contribution is 7.09. The summed E-state index contributed by atoms with van der Waals surface area (Å²) >= 11 is 14.0. The van der Waals surface area contributed by atoms with E-state index in [4.69, 9.17) is 23.2 Å². The Bertz CT molecular complexity index is 491. The van der Waals surface area contributed by atoms with Crippen LogP contribution in [0.4, 0.5) is 4.39 Å². The molecule has 0 nitrogen and oxygen atoms in total. The second-order valence-corrected chi connectivity index (χ2v) is 6.53. The van der Waals surface area contributed by atoms with Crippen molar-refractivity contribution in [2.24, 2.45) is 0 Å². The maximum absolute atomic E-state index is 13.6. The van der Waals surface area contributed by atoms with E-state index in [-0.39, 0.29) is 11.2 Å². The lowest BCUT2D eigenvalue weighted by Gasteiger charge is -2.11. The summed E-state index contributed by atoms with van der Waals surface area (Å²) < 4.78 is 13.6. The van der Waals surface area contributed by atoms with Gasteiger partial charge in [-0.05, 0) is 49.3 Å². The monoisotopic (exact) mass is 316 g/mol. The number of aryl methyl sites for hydroxylation is 1. The van der Waals surface area contributed by atoms with Crippen molar-refractivity contribution in [3.05, 3.63) is 57.0 Å². The smallest absolute Gasteiger partial charge is 0.127 e. The molecule has 1 heterocycles. The molecule has 19 heavy (non-hydrogen) atoms. The summed E-state index contributed by atoms with van der Waals surface area (Å²) in [6.45, 7) is 0. The molecule has 0 aliphatic rings. The number of thiophene rings is 1. The molecule has 2 rings (SSSR count). The Balaban J connectivity index is 1.82.